The number of ether oxygens (including phenoxy) is 2. The Labute approximate surface area is 133 Å². The highest BCUT2D eigenvalue weighted by molar-refractivity contribution is 6.02. The SMILES string of the molecule is COc1c(C(=O)NCC(=O)N2CCOCC2)oc2ccccc12. The van der Waals surface area contributed by atoms with Crippen LogP contribution >= 0.6 is 0 Å². The number of rotatable bonds is 4. The van der Waals surface area contributed by atoms with E-state index in [0.29, 0.717) is 37.6 Å². The summed E-state index contributed by atoms with van der Waals surface area (Å²) in [6.07, 6.45) is 0. The van der Waals surface area contributed by atoms with Crippen molar-refractivity contribution in [3.05, 3.63) is 30.0 Å². The third kappa shape index (κ3) is 3.14. The molecule has 0 saturated carbocycles. The molecular weight excluding hydrogens is 300 g/mol. The summed E-state index contributed by atoms with van der Waals surface area (Å²) in [6, 6.07) is 7.22. The van der Waals surface area contributed by atoms with Crippen molar-refractivity contribution < 1.29 is 23.5 Å². The van der Waals surface area contributed by atoms with Gasteiger partial charge in [0.05, 0.1) is 32.3 Å². The normalized spacial score (nSPS) is 14.7. The first-order valence-electron chi connectivity index (χ1n) is 7.40. The number of amides is 2. The van der Waals surface area contributed by atoms with Crippen LogP contribution in [0.15, 0.2) is 28.7 Å². The lowest BCUT2D eigenvalue weighted by Gasteiger charge is -2.26. The Hall–Kier alpha value is -2.54. The molecular formula is C16H18N2O5. The molecule has 1 fully saturated rings. The minimum atomic E-state index is -0.473. The summed E-state index contributed by atoms with van der Waals surface area (Å²) < 4.78 is 16.0. The molecule has 0 bridgehead atoms. The summed E-state index contributed by atoms with van der Waals surface area (Å²) in [5.74, 6) is -0.170. The van der Waals surface area contributed by atoms with E-state index in [0.717, 1.165) is 5.39 Å². The molecule has 0 spiro atoms. The number of nitrogens with zero attached hydrogens (tertiary/aromatic N) is 1. The van der Waals surface area contributed by atoms with Gasteiger partial charge in [0, 0.05) is 13.1 Å². The van der Waals surface area contributed by atoms with Crippen molar-refractivity contribution in [3.8, 4) is 5.75 Å². The van der Waals surface area contributed by atoms with Gasteiger partial charge in [-0.1, -0.05) is 12.1 Å². The number of hydrogen-bond donors (Lipinski definition) is 1. The molecule has 2 amide bonds. The van der Waals surface area contributed by atoms with Gasteiger partial charge in [-0.05, 0) is 12.1 Å². The molecule has 122 valence electrons. The van der Waals surface area contributed by atoms with E-state index in [1.165, 1.54) is 7.11 Å². The number of nitrogens with one attached hydrogen (secondary N) is 1. The Morgan fingerprint density at radius 2 is 2.00 bits per heavy atom. The second-order valence-electron chi connectivity index (χ2n) is 5.14. The van der Waals surface area contributed by atoms with Crippen molar-refractivity contribution >= 4 is 22.8 Å². The number of benzene rings is 1. The fourth-order valence-electron chi connectivity index (χ4n) is 2.53. The second-order valence-corrected chi connectivity index (χ2v) is 5.14. The highest BCUT2D eigenvalue weighted by Gasteiger charge is 2.23. The first-order valence-corrected chi connectivity index (χ1v) is 7.40. The van der Waals surface area contributed by atoms with Gasteiger partial charge in [-0.2, -0.15) is 0 Å². The molecule has 1 aromatic heterocycles. The summed E-state index contributed by atoms with van der Waals surface area (Å²) in [6.45, 7) is 2.05. The topological polar surface area (TPSA) is 81.0 Å². The molecule has 0 radical (unpaired) electrons. The zero-order valence-electron chi connectivity index (χ0n) is 12.8. The Morgan fingerprint density at radius 3 is 2.74 bits per heavy atom. The summed E-state index contributed by atoms with van der Waals surface area (Å²) in [7, 11) is 1.48. The number of furan rings is 1. The van der Waals surface area contributed by atoms with Crippen LogP contribution in [0.5, 0.6) is 5.75 Å². The van der Waals surface area contributed by atoms with E-state index in [1.54, 1.807) is 11.0 Å². The molecule has 0 aliphatic carbocycles. The average Bonchev–Trinajstić information content (AvgIpc) is 2.98. The van der Waals surface area contributed by atoms with Gasteiger partial charge in [-0.3, -0.25) is 9.59 Å². The third-order valence-electron chi connectivity index (χ3n) is 3.72. The lowest BCUT2D eigenvalue weighted by Crippen LogP contribution is -2.45. The van der Waals surface area contributed by atoms with Gasteiger partial charge in [0.25, 0.3) is 5.91 Å². The molecule has 0 unspecified atom stereocenters. The van der Waals surface area contributed by atoms with E-state index in [9.17, 15) is 9.59 Å². The Kier molecular flexibility index (Phi) is 4.47. The van der Waals surface area contributed by atoms with Gasteiger partial charge in [0.15, 0.2) is 5.75 Å². The fraction of sp³-hybridized carbons (Fsp3) is 0.375. The molecule has 3 rings (SSSR count). The summed E-state index contributed by atoms with van der Waals surface area (Å²) >= 11 is 0. The minimum Gasteiger partial charge on any atom is -0.492 e. The van der Waals surface area contributed by atoms with Crippen molar-refractivity contribution in [3.63, 3.8) is 0 Å². The lowest BCUT2D eigenvalue weighted by molar-refractivity contribution is -0.134. The largest absolute Gasteiger partial charge is 0.492 e. The van der Waals surface area contributed by atoms with Crippen molar-refractivity contribution in [1.82, 2.24) is 10.2 Å². The van der Waals surface area contributed by atoms with Crippen LogP contribution in [-0.2, 0) is 9.53 Å². The van der Waals surface area contributed by atoms with Gasteiger partial charge in [0.2, 0.25) is 11.7 Å². The molecule has 2 aromatic rings. The van der Waals surface area contributed by atoms with E-state index < -0.39 is 5.91 Å². The first kappa shape index (κ1) is 15.4. The molecule has 0 atom stereocenters. The molecule has 1 saturated heterocycles. The van der Waals surface area contributed by atoms with Crippen LogP contribution in [-0.4, -0.2) is 56.7 Å². The maximum Gasteiger partial charge on any atom is 0.291 e. The summed E-state index contributed by atoms with van der Waals surface area (Å²) in [5.41, 5.74) is 0.564. The molecule has 1 aliphatic rings. The van der Waals surface area contributed by atoms with Crippen LogP contribution in [0.25, 0.3) is 11.0 Å². The van der Waals surface area contributed by atoms with E-state index in [4.69, 9.17) is 13.9 Å². The predicted molar refractivity (Wildman–Crippen MR) is 82.5 cm³/mol. The van der Waals surface area contributed by atoms with Crippen LogP contribution < -0.4 is 10.1 Å². The number of para-hydroxylation sites is 1. The number of carbonyl (C=O) groups is 2. The molecule has 2 heterocycles. The maximum absolute atomic E-state index is 12.3. The molecule has 7 heteroatoms. The Balaban J connectivity index is 1.69. The lowest BCUT2D eigenvalue weighted by atomic mass is 10.2. The van der Waals surface area contributed by atoms with Gasteiger partial charge in [0.1, 0.15) is 5.58 Å². The number of morpholine rings is 1. The molecule has 7 nitrogen and oxygen atoms in total. The second kappa shape index (κ2) is 6.70. The quantitative estimate of drug-likeness (QED) is 0.910. The van der Waals surface area contributed by atoms with Crippen molar-refractivity contribution in [2.45, 2.75) is 0 Å². The molecule has 23 heavy (non-hydrogen) atoms. The van der Waals surface area contributed by atoms with Crippen LogP contribution in [0.3, 0.4) is 0 Å². The van der Waals surface area contributed by atoms with Crippen LogP contribution in [0.4, 0.5) is 0 Å². The smallest absolute Gasteiger partial charge is 0.291 e. The van der Waals surface area contributed by atoms with Crippen molar-refractivity contribution in [2.24, 2.45) is 0 Å². The van der Waals surface area contributed by atoms with E-state index in [1.807, 2.05) is 18.2 Å². The fourth-order valence-corrected chi connectivity index (χ4v) is 2.53. The predicted octanol–water partition coefficient (Wildman–Crippen LogP) is 1.03. The van der Waals surface area contributed by atoms with Gasteiger partial charge < -0.3 is 24.1 Å². The zero-order chi connectivity index (χ0) is 16.2. The summed E-state index contributed by atoms with van der Waals surface area (Å²) in [4.78, 5) is 26.0. The van der Waals surface area contributed by atoms with Crippen LogP contribution in [0, 0.1) is 0 Å². The number of hydrogen-bond acceptors (Lipinski definition) is 5. The number of methoxy groups -OCH3 is 1. The Bertz CT molecular complexity index is 718. The molecule has 1 aliphatic heterocycles. The van der Waals surface area contributed by atoms with E-state index in [2.05, 4.69) is 5.32 Å². The van der Waals surface area contributed by atoms with Gasteiger partial charge in [-0.15, -0.1) is 0 Å². The molecule has 1 N–H and O–H groups in total. The maximum atomic E-state index is 12.3. The first-order chi connectivity index (χ1) is 11.2. The van der Waals surface area contributed by atoms with Crippen molar-refractivity contribution in [1.29, 1.82) is 0 Å². The molecule has 1 aromatic carbocycles. The zero-order valence-corrected chi connectivity index (χ0v) is 12.8. The standard InChI is InChI=1S/C16H18N2O5/c1-21-14-11-4-2-3-5-12(11)23-15(14)16(20)17-10-13(19)18-6-8-22-9-7-18/h2-5H,6-10H2,1H3,(H,17,20). The third-order valence-corrected chi connectivity index (χ3v) is 3.72. The summed E-state index contributed by atoms with van der Waals surface area (Å²) in [5, 5.41) is 3.31. The monoisotopic (exact) mass is 318 g/mol. The Morgan fingerprint density at radius 1 is 1.26 bits per heavy atom. The van der Waals surface area contributed by atoms with Crippen molar-refractivity contribution in [2.75, 3.05) is 40.0 Å². The van der Waals surface area contributed by atoms with Gasteiger partial charge >= 0.3 is 0 Å². The number of fused-ring (bicyclic) bond motifs is 1. The average molecular weight is 318 g/mol. The van der Waals surface area contributed by atoms with E-state index in [-0.39, 0.29) is 18.2 Å². The highest BCUT2D eigenvalue weighted by atomic mass is 16.5. The van der Waals surface area contributed by atoms with Crippen LogP contribution in [0.1, 0.15) is 10.6 Å². The number of carbonyl (C=O) groups excluding carboxylic acids is 2. The highest BCUT2D eigenvalue weighted by Crippen LogP contribution is 2.32. The minimum absolute atomic E-state index is 0.0727. The van der Waals surface area contributed by atoms with E-state index >= 15 is 0 Å². The van der Waals surface area contributed by atoms with Gasteiger partial charge in [-0.25, -0.2) is 0 Å². The van der Waals surface area contributed by atoms with Crippen LogP contribution in [0.2, 0.25) is 0 Å².